The Hall–Kier alpha value is -0.410. The number of nitrogens with zero attached hydrogens (tertiary/aromatic N) is 2. The molecule has 0 aromatic carbocycles. The summed E-state index contributed by atoms with van der Waals surface area (Å²) < 4.78 is 0. The quantitative estimate of drug-likeness (QED) is 0.579. The highest BCUT2D eigenvalue weighted by Crippen LogP contribution is 1.98. The number of pyridine rings is 1. The first-order valence-electron chi connectivity index (χ1n) is 3.96. The molecule has 0 saturated carbocycles. The Morgan fingerprint density at radius 1 is 1.58 bits per heavy atom. The molecule has 12 heavy (non-hydrogen) atoms. The molecule has 66 valence electrons. The van der Waals surface area contributed by atoms with E-state index in [4.69, 9.17) is 0 Å². The van der Waals surface area contributed by atoms with E-state index in [1.807, 2.05) is 12.3 Å². The van der Waals surface area contributed by atoms with Gasteiger partial charge in [0.25, 0.3) is 0 Å². The Kier molecular flexibility index (Phi) is 4.25. The zero-order valence-corrected chi connectivity index (χ0v) is 8.79. The average molecular weight is 229 g/mol. The second-order valence-electron chi connectivity index (χ2n) is 2.81. The number of alkyl halides is 1. The Balaban J connectivity index is 2.33. The molecule has 1 aromatic rings. The van der Waals surface area contributed by atoms with Crippen LogP contribution in [0, 0.1) is 0 Å². The lowest BCUT2D eigenvalue weighted by Gasteiger charge is -2.11. The number of likely N-dealkylation sites (N-methyl/N-ethyl adjacent to an activating group) is 1. The molecular formula is C9H13BrN2. The van der Waals surface area contributed by atoms with Crippen molar-refractivity contribution in [1.82, 2.24) is 9.88 Å². The van der Waals surface area contributed by atoms with Crippen LogP contribution in [0.25, 0.3) is 0 Å². The van der Waals surface area contributed by atoms with Gasteiger partial charge in [-0.2, -0.15) is 0 Å². The van der Waals surface area contributed by atoms with E-state index in [0.717, 1.165) is 18.4 Å². The number of halogens is 1. The summed E-state index contributed by atoms with van der Waals surface area (Å²) in [6, 6.07) is 4.08. The van der Waals surface area contributed by atoms with Crippen molar-refractivity contribution in [2.24, 2.45) is 0 Å². The number of rotatable bonds is 4. The monoisotopic (exact) mass is 228 g/mol. The molecular weight excluding hydrogens is 216 g/mol. The first-order chi connectivity index (χ1) is 5.83. The molecule has 0 aliphatic rings. The molecule has 0 aliphatic carbocycles. The largest absolute Gasteiger partial charge is 0.296 e. The van der Waals surface area contributed by atoms with E-state index >= 15 is 0 Å². The Morgan fingerprint density at radius 3 is 3.00 bits per heavy atom. The van der Waals surface area contributed by atoms with Crippen molar-refractivity contribution in [3.05, 3.63) is 30.1 Å². The third kappa shape index (κ3) is 3.32. The van der Waals surface area contributed by atoms with Crippen LogP contribution in [0.15, 0.2) is 24.5 Å². The fraction of sp³-hybridized carbons (Fsp3) is 0.444. The number of aromatic nitrogens is 1. The number of hydrogen-bond acceptors (Lipinski definition) is 2. The fourth-order valence-electron chi connectivity index (χ4n) is 0.926. The van der Waals surface area contributed by atoms with Crippen molar-refractivity contribution < 1.29 is 0 Å². The third-order valence-corrected chi connectivity index (χ3v) is 2.57. The molecule has 0 radical (unpaired) electrons. The normalized spacial score (nSPS) is 10.6. The lowest BCUT2D eigenvalue weighted by atomic mass is 10.2. The van der Waals surface area contributed by atoms with Crippen LogP contribution in [0.3, 0.4) is 0 Å². The van der Waals surface area contributed by atoms with E-state index in [1.54, 1.807) is 6.20 Å². The molecule has 0 saturated heterocycles. The molecule has 0 unspecified atom stereocenters. The minimum absolute atomic E-state index is 0.924. The molecule has 2 nitrogen and oxygen atoms in total. The van der Waals surface area contributed by atoms with Gasteiger partial charge in [-0.3, -0.25) is 9.88 Å². The van der Waals surface area contributed by atoms with Crippen molar-refractivity contribution in [3.8, 4) is 0 Å². The summed E-state index contributed by atoms with van der Waals surface area (Å²) in [5.74, 6) is 0. The van der Waals surface area contributed by atoms with Gasteiger partial charge in [0.05, 0.1) is 5.45 Å². The second kappa shape index (κ2) is 5.27. The highest BCUT2D eigenvalue weighted by molar-refractivity contribution is 9.09. The van der Waals surface area contributed by atoms with E-state index in [1.165, 1.54) is 5.56 Å². The zero-order chi connectivity index (χ0) is 8.81. The van der Waals surface area contributed by atoms with E-state index in [9.17, 15) is 0 Å². The molecule has 0 bridgehead atoms. The molecule has 0 aliphatic heterocycles. The maximum atomic E-state index is 4.06. The minimum atomic E-state index is 0.924. The van der Waals surface area contributed by atoms with Crippen molar-refractivity contribution in [2.45, 2.75) is 6.42 Å². The highest BCUT2D eigenvalue weighted by Gasteiger charge is 1.96. The molecule has 0 amide bonds. The summed E-state index contributed by atoms with van der Waals surface area (Å²) in [6.45, 7) is 1.07. The van der Waals surface area contributed by atoms with E-state index in [0.29, 0.717) is 0 Å². The Bertz CT molecular complexity index is 213. The van der Waals surface area contributed by atoms with Gasteiger partial charge in [-0.05, 0) is 25.1 Å². The van der Waals surface area contributed by atoms with Crippen LogP contribution in [0.1, 0.15) is 5.56 Å². The van der Waals surface area contributed by atoms with Crippen LogP contribution in [-0.4, -0.2) is 28.9 Å². The first kappa shape index (κ1) is 9.68. The lowest BCUT2D eigenvalue weighted by molar-refractivity contribution is 0.401. The van der Waals surface area contributed by atoms with E-state index in [-0.39, 0.29) is 0 Å². The summed E-state index contributed by atoms with van der Waals surface area (Å²) in [6.07, 6.45) is 4.79. The van der Waals surface area contributed by atoms with Crippen molar-refractivity contribution >= 4 is 15.9 Å². The molecule has 1 rings (SSSR count). The summed E-state index contributed by atoms with van der Waals surface area (Å²) in [5, 5.41) is 0. The lowest BCUT2D eigenvalue weighted by Crippen LogP contribution is -2.18. The van der Waals surface area contributed by atoms with Crippen LogP contribution in [0.4, 0.5) is 0 Å². The fourth-order valence-corrected chi connectivity index (χ4v) is 1.18. The van der Waals surface area contributed by atoms with Crippen LogP contribution < -0.4 is 0 Å². The molecule has 0 fully saturated rings. The summed E-state index contributed by atoms with van der Waals surface area (Å²) in [5.41, 5.74) is 2.22. The summed E-state index contributed by atoms with van der Waals surface area (Å²) in [7, 11) is 2.09. The Labute approximate surface area is 81.7 Å². The zero-order valence-electron chi connectivity index (χ0n) is 7.20. The summed E-state index contributed by atoms with van der Waals surface area (Å²) >= 11 is 3.40. The van der Waals surface area contributed by atoms with Crippen molar-refractivity contribution in [2.75, 3.05) is 19.0 Å². The van der Waals surface area contributed by atoms with Gasteiger partial charge in [-0.15, -0.1) is 0 Å². The van der Waals surface area contributed by atoms with Gasteiger partial charge in [-0.25, -0.2) is 0 Å². The molecule has 1 heterocycles. The van der Waals surface area contributed by atoms with E-state index < -0.39 is 0 Å². The summed E-state index contributed by atoms with van der Waals surface area (Å²) in [4.78, 5) is 6.27. The van der Waals surface area contributed by atoms with Gasteiger partial charge in [-0.1, -0.05) is 22.0 Å². The topological polar surface area (TPSA) is 16.1 Å². The van der Waals surface area contributed by atoms with Crippen molar-refractivity contribution in [1.29, 1.82) is 0 Å². The van der Waals surface area contributed by atoms with Crippen LogP contribution in [-0.2, 0) is 6.42 Å². The van der Waals surface area contributed by atoms with Crippen LogP contribution >= 0.6 is 15.9 Å². The van der Waals surface area contributed by atoms with Crippen LogP contribution in [0.2, 0.25) is 0 Å². The standard InChI is InChI=1S/C9H13BrN2/c1-12(8-10)6-4-9-3-2-5-11-7-9/h2-3,5,7H,4,6,8H2,1H3. The van der Waals surface area contributed by atoms with Gasteiger partial charge in [0, 0.05) is 18.9 Å². The SMILES string of the molecule is CN(CBr)CCc1cccnc1. The highest BCUT2D eigenvalue weighted by atomic mass is 79.9. The van der Waals surface area contributed by atoms with Crippen LogP contribution in [0.5, 0.6) is 0 Å². The molecule has 3 heteroatoms. The van der Waals surface area contributed by atoms with Crippen molar-refractivity contribution in [3.63, 3.8) is 0 Å². The average Bonchev–Trinajstić information content (AvgIpc) is 2.16. The maximum Gasteiger partial charge on any atom is 0.0539 e. The molecule has 0 atom stereocenters. The van der Waals surface area contributed by atoms with Gasteiger partial charge < -0.3 is 0 Å². The van der Waals surface area contributed by atoms with Gasteiger partial charge >= 0.3 is 0 Å². The first-order valence-corrected chi connectivity index (χ1v) is 5.08. The number of hydrogen-bond donors (Lipinski definition) is 0. The van der Waals surface area contributed by atoms with E-state index in [2.05, 4.69) is 38.9 Å². The minimum Gasteiger partial charge on any atom is -0.296 e. The van der Waals surface area contributed by atoms with Gasteiger partial charge in [0.2, 0.25) is 0 Å². The molecule has 0 N–H and O–H groups in total. The third-order valence-electron chi connectivity index (χ3n) is 1.71. The second-order valence-corrected chi connectivity index (χ2v) is 3.31. The predicted molar refractivity (Wildman–Crippen MR) is 54.4 cm³/mol. The van der Waals surface area contributed by atoms with Gasteiger partial charge in [0.15, 0.2) is 0 Å². The van der Waals surface area contributed by atoms with Gasteiger partial charge in [0.1, 0.15) is 0 Å². The molecule has 1 aromatic heterocycles. The Morgan fingerprint density at radius 2 is 2.42 bits per heavy atom. The smallest absolute Gasteiger partial charge is 0.0539 e. The molecule has 0 spiro atoms. The predicted octanol–water partition coefficient (Wildman–Crippen LogP) is 1.91. The maximum absolute atomic E-state index is 4.06.